The molecule has 6 nitrogen and oxygen atoms in total. The Hall–Kier alpha value is -2.94. The van der Waals surface area contributed by atoms with Gasteiger partial charge in [-0.25, -0.2) is 4.98 Å². The quantitative estimate of drug-likeness (QED) is 0.656. The molecule has 0 spiro atoms. The number of aromatic nitrogens is 4. The van der Waals surface area contributed by atoms with Gasteiger partial charge in [0.25, 0.3) is 0 Å². The lowest BCUT2D eigenvalue weighted by Crippen LogP contribution is -2.13. The molecule has 0 radical (unpaired) electrons. The lowest BCUT2D eigenvalue weighted by atomic mass is 10.3. The second-order valence-electron chi connectivity index (χ2n) is 5.50. The highest BCUT2D eigenvalue weighted by atomic mass is 15.3. The molecule has 24 heavy (non-hydrogen) atoms. The topological polar surface area (TPSA) is 68.0 Å². The summed E-state index contributed by atoms with van der Waals surface area (Å²) in [5.41, 5.74) is 1.73. The number of pyridine rings is 1. The summed E-state index contributed by atoms with van der Waals surface area (Å²) < 4.78 is 2.11. The van der Waals surface area contributed by atoms with Crippen LogP contribution >= 0.6 is 0 Å². The van der Waals surface area contributed by atoms with Crippen molar-refractivity contribution in [1.29, 1.82) is 0 Å². The third-order valence-corrected chi connectivity index (χ3v) is 3.73. The number of aliphatic imine (C=N–C) groups is 1. The summed E-state index contributed by atoms with van der Waals surface area (Å²) in [6, 6.07) is 6.39. The Labute approximate surface area is 141 Å². The summed E-state index contributed by atoms with van der Waals surface area (Å²) in [5, 5.41) is 11.5. The van der Waals surface area contributed by atoms with E-state index in [1.807, 2.05) is 24.3 Å². The van der Waals surface area contributed by atoms with E-state index in [4.69, 9.17) is 0 Å². The van der Waals surface area contributed by atoms with Gasteiger partial charge in [0.05, 0.1) is 12.3 Å². The molecule has 0 atom stereocenters. The Bertz CT molecular complexity index is 817. The van der Waals surface area contributed by atoms with Crippen LogP contribution in [0.15, 0.2) is 41.7 Å². The van der Waals surface area contributed by atoms with E-state index in [-0.39, 0.29) is 0 Å². The fourth-order valence-electron chi connectivity index (χ4n) is 2.32. The summed E-state index contributed by atoms with van der Waals surface area (Å²) in [4.78, 5) is 8.89. The van der Waals surface area contributed by atoms with Gasteiger partial charge in [-0.15, -0.1) is 16.1 Å². The molecule has 1 aliphatic rings. The summed E-state index contributed by atoms with van der Waals surface area (Å²) in [6.45, 7) is 2.39. The van der Waals surface area contributed by atoms with Gasteiger partial charge >= 0.3 is 0 Å². The molecule has 3 rings (SSSR count). The Kier molecular flexibility index (Phi) is 5.02. The van der Waals surface area contributed by atoms with Gasteiger partial charge in [-0.05, 0) is 44.1 Å². The SMILES string of the molecule is CC#C/C=C\C(CNc1cccc(-c2nncn2C2CC2)n1)=NC. The van der Waals surface area contributed by atoms with Crippen molar-refractivity contribution >= 4 is 11.5 Å². The fourth-order valence-corrected chi connectivity index (χ4v) is 2.32. The van der Waals surface area contributed by atoms with Crippen molar-refractivity contribution in [2.75, 3.05) is 18.9 Å². The van der Waals surface area contributed by atoms with Gasteiger partial charge in [0, 0.05) is 13.1 Å². The number of allylic oxidation sites excluding steroid dienone is 1. The zero-order valence-corrected chi connectivity index (χ0v) is 13.9. The van der Waals surface area contributed by atoms with Gasteiger partial charge < -0.3 is 9.88 Å². The molecule has 2 aromatic rings. The molecule has 0 saturated heterocycles. The molecule has 0 aromatic carbocycles. The average Bonchev–Trinajstić information content (AvgIpc) is 3.35. The van der Waals surface area contributed by atoms with Crippen LogP contribution in [0.25, 0.3) is 11.5 Å². The molecule has 0 amide bonds. The van der Waals surface area contributed by atoms with Gasteiger partial charge in [0.2, 0.25) is 0 Å². The number of hydrogen-bond donors (Lipinski definition) is 1. The maximum Gasteiger partial charge on any atom is 0.182 e. The third-order valence-electron chi connectivity index (χ3n) is 3.73. The van der Waals surface area contributed by atoms with Crippen molar-refractivity contribution in [3.8, 4) is 23.4 Å². The lowest BCUT2D eigenvalue weighted by molar-refractivity contribution is 0.744. The summed E-state index contributed by atoms with van der Waals surface area (Å²) in [7, 11) is 1.77. The first-order valence-corrected chi connectivity index (χ1v) is 7.97. The van der Waals surface area contributed by atoms with E-state index in [1.54, 1.807) is 26.4 Å². The molecular formula is C18H20N6. The summed E-state index contributed by atoms with van der Waals surface area (Å²) >= 11 is 0. The lowest BCUT2D eigenvalue weighted by Gasteiger charge is -2.08. The van der Waals surface area contributed by atoms with E-state index < -0.39 is 0 Å². The molecule has 0 aliphatic heterocycles. The first-order chi connectivity index (χ1) is 11.8. The molecule has 1 fully saturated rings. The molecule has 1 saturated carbocycles. The van der Waals surface area contributed by atoms with E-state index in [9.17, 15) is 0 Å². The third kappa shape index (κ3) is 3.87. The molecule has 6 heteroatoms. The van der Waals surface area contributed by atoms with Gasteiger partial charge in [0.15, 0.2) is 5.82 Å². The minimum atomic E-state index is 0.525. The van der Waals surface area contributed by atoms with Crippen molar-refractivity contribution < 1.29 is 0 Å². The van der Waals surface area contributed by atoms with Crippen molar-refractivity contribution in [1.82, 2.24) is 19.7 Å². The summed E-state index contributed by atoms with van der Waals surface area (Å²) in [5.74, 6) is 7.32. The standard InChI is InChI=1S/C18H20N6/c1-3-4-5-7-14(19-2)12-20-17-9-6-8-16(22-17)18-23-21-13-24(18)15-10-11-15/h5-9,13,15H,10-12H2,1-2H3,(H,20,22)/b7-5-,19-14?. The number of nitrogens with one attached hydrogen (secondary N) is 1. The van der Waals surface area contributed by atoms with Gasteiger partial charge in [-0.3, -0.25) is 4.99 Å². The predicted octanol–water partition coefficient (Wildman–Crippen LogP) is 2.74. The maximum atomic E-state index is 4.65. The normalized spacial score (nSPS) is 14.5. The number of hydrogen-bond acceptors (Lipinski definition) is 5. The maximum absolute atomic E-state index is 4.65. The van der Waals surface area contributed by atoms with E-state index >= 15 is 0 Å². The Morgan fingerprint density at radius 1 is 1.46 bits per heavy atom. The van der Waals surface area contributed by atoms with E-state index in [0.29, 0.717) is 12.6 Å². The highest BCUT2D eigenvalue weighted by Crippen LogP contribution is 2.37. The monoisotopic (exact) mass is 320 g/mol. The molecule has 0 unspecified atom stereocenters. The minimum Gasteiger partial charge on any atom is -0.364 e. The van der Waals surface area contributed by atoms with Crippen molar-refractivity contribution in [2.45, 2.75) is 25.8 Å². The van der Waals surface area contributed by atoms with E-state index in [2.05, 4.69) is 41.9 Å². The first-order valence-electron chi connectivity index (χ1n) is 7.97. The Morgan fingerprint density at radius 2 is 2.33 bits per heavy atom. The number of nitrogens with zero attached hydrogens (tertiary/aromatic N) is 5. The zero-order chi connectivity index (χ0) is 16.8. The molecule has 2 aromatic heterocycles. The van der Waals surface area contributed by atoms with Crippen LogP contribution in [0.3, 0.4) is 0 Å². The van der Waals surface area contributed by atoms with Crippen molar-refractivity contribution in [3.63, 3.8) is 0 Å². The van der Waals surface area contributed by atoms with Crippen LogP contribution in [0.1, 0.15) is 25.8 Å². The predicted molar refractivity (Wildman–Crippen MR) is 96.0 cm³/mol. The fraction of sp³-hybridized carbons (Fsp3) is 0.333. The highest BCUT2D eigenvalue weighted by molar-refractivity contribution is 5.98. The molecule has 122 valence electrons. The van der Waals surface area contributed by atoms with Crippen molar-refractivity contribution in [2.24, 2.45) is 4.99 Å². The van der Waals surface area contributed by atoms with Crippen LogP contribution in [-0.4, -0.2) is 39.1 Å². The van der Waals surface area contributed by atoms with Crippen LogP contribution in [0.5, 0.6) is 0 Å². The van der Waals surface area contributed by atoms with Crippen LogP contribution in [0, 0.1) is 11.8 Å². The number of anilines is 1. The van der Waals surface area contributed by atoms with Crippen LogP contribution < -0.4 is 5.32 Å². The molecular weight excluding hydrogens is 300 g/mol. The largest absolute Gasteiger partial charge is 0.364 e. The first kappa shape index (κ1) is 15.9. The highest BCUT2D eigenvalue weighted by Gasteiger charge is 2.26. The Morgan fingerprint density at radius 3 is 3.08 bits per heavy atom. The van der Waals surface area contributed by atoms with Gasteiger partial charge in [-0.1, -0.05) is 12.0 Å². The molecule has 0 bridgehead atoms. The molecule has 2 heterocycles. The van der Waals surface area contributed by atoms with Gasteiger partial charge in [-0.2, -0.15) is 0 Å². The molecule has 1 aliphatic carbocycles. The van der Waals surface area contributed by atoms with E-state index in [0.717, 1.165) is 23.0 Å². The minimum absolute atomic E-state index is 0.525. The van der Waals surface area contributed by atoms with Crippen LogP contribution in [0.4, 0.5) is 5.82 Å². The molecule has 1 N–H and O–H groups in total. The van der Waals surface area contributed by atoms with E-state index in [1.165, 1.54) is 12.8 Å². The van der Waals surface area contributed by atoms with Crippen LogP contribution in [0.2, 0.25) is 0 Å². The van der Waals surface area contributed by atoms with Crippen molar-refractivity contribution in [3.05, 3.63) is 36.7 Å². The van der Waals surface area contributed by atoms with Crippen LogP contribution in [-0.2, 0) is 0 Å². The second kappa shape index (κ2) is 7.55. The smallest absolute Gasteiger partial charge is 0.182 e. The van der Waals surface area contributed by atoms with Gasteiger partial charge in [0.1, 0.15) is 17.8 Å². The Balaban J connectivity index is 1.71. The second-order valence-corrected chi connectivity index (χ2v) is 5.50. The zero-order valence-electron chi connectivity index (χ0n) is 13.9. The summed E-state index contributed by atoms with van der Waals surface area (Å²) in [6.07, 6.45) is 7.86. The number of rotatable bonds is 6. The average molecular weight is 320 g/mol.